The van der Waals surface area contributed by atoms with Crippen LogP contribution in [0.4, 0.5) is 5.95 Å². The first-order valence-electron chi connectivity index (χ1n) is 9.25. The third-order valence-electron chi connectivity index (χ3n) is 4.79. The average Bonchev–Trinajstić information content (AvgIpc) is 3.11. The molecule has 1 aliphatic rings. The van der Waals surface area contributed by atoms with Crippen LogP contribution in [0.2, 0.25) is 0 Å². The number of nitrogens with zero attached hydrogens (tertiary/aromatic N) is 5. The minimum absolute atomic E-state index is 0.278. The SMILES string of the molecule is Cc1cc(-n2cnc3cnc(NCCCN4CCOCC4)nc32)ccc1O. The van der Waals surface area contributed by atoms with Crippen molar-refractivity contribution < 1.29 is 9.84 Å². The van der Waals surface area contributed by atoms with Crippen LogP contribution < -0.4 is 5.32 Å². The smallest absolute Gasteiger partial charge is 0.224 e. The number of hydrogen-bond acceptors (Lipinski definition) is 7. The molecule has 1 aromatic carbocycles. The van der Waals surface area contributed by atoms with Crippen LogP contribution in [0.5, 0.6) is 5.75 Å². The second-order valence-corrected chi connectivity index (χ2v) is 6.72. The highest BCUT2D eigenvalue weighted by atomic mass is 16.5. The number of imidazole rings is 1. The summed E-state index contributed by atoms with van der Waals surface area (Å²) >= 11 is 0. The van der Waals surface area contributed by atoms with Gasteiger partial charge in [0.25, 0.3) is 0 Å². The summed E-state index contributed by atoms with van der Waals surface area (Å²) in [7, 11) is 0. The maximum Gasteiger partial charge on any atom is 0.224 e. The lowest BCUT2D eigenvalue weighted by molar-refractivity contribution is 0.0378. The molecule has 0 atom stereocenters. The Morgan fingerprint density at radius 1 is 1.22 bits per heavy atom. The summed E-state index contributed by atoms with van der Waals surface area (Å²) in [5.74, 6) is 0.877. The number of aryl methyl sites for hydroxylation is 1. The quantitative estimate of drug-likeness (QED) is 0.643. The highest BCUT2D eigenvalue weighted by molar-refractivity contribution is 5.73. The van der Waals surface area contributed by atoms with Crippen LogP contribution >= 0.6 is 0 Å². The zero-order valence-corrected chi connectivity index (χ0v) is 15.4. The van der Waals surface area contributed by atoms with Crippen LogP contribution in [-0.4, -0.2) is 68.9 Å². The molecule has 0 spiro atoms. The number of hydrogen-bond donors (Lipinski definition) is 2. The number of rotatable bonds is 6. The Hall–Kier alpha value is -2.71. The predicted octanol–water partition coefficient (Wildman–Crippen LogP) is 1.96. The first-order valence-corrected chi connectivity index (χ1v) is 9.25. The molecule has 0 radical (unpaired) electrons. The maximum atomic E-state index is 9.74. The van der Waals surface area contributed by atoms with Crippen molar-refractivity contribution in [3.63, 3.8) is 0 Å². The number of aromatic nitrogens is 4. The third-order valence-corrected chi connectivity index (χ3v) is 4.79. The molecule has 0 aliphatic carbocycles. The Morgan fingerprint density at radius 2 is 2.07 bits per heavy atom. The van der Waals surface area contributed by atoms with Crippen molar-refractivity contribution in [3.8, 4) is 11.4 Å². The molecule has 1 aliphatic heterocycles. The van der Waals surface area contributed by atoms with E-state index in [2.05, 4.69) is 25.2 Å². The number of fused-ring (bicyclic) bond motifs is 1. The second kappa shape index (κ2) is 7.89. The van der Waals surface area contributed by atoms with Crippen molar-refractivity contribution in [2.45, 2.75) is 13.3 Å². The van der Waals surface area contributed by atoms with Gasteiger partial charge in [0.1, 0.15) is 17.6 Å². The Kier molecular flexibility index (Phi) is 5.17. The number of phenols is 1. The van der Waals surface area contributed by atoms with Gasteiger partial charge in [-0.15, -0.1) is 0 Å². The van der Waals surface area contributed by atoms with E-state index in [0.717, 1.165) is 68.2 Å². The molecule has 27 heavy (non-hydrogen) atoms. The van der Waals surface area contributed by atoms with Crippen molar-refractivity contribution in [3.05, 3.63) is 36.3 Å². The van der Waals surface area contributed by atoms with Crippen molar-refractivity contribution in [2.24, 2.45) is 0 Å². The van der Waals surface area contributed by atoms with Gasteiger partial charge in [-0.25, -0.2) is 9.97 Å². The molecular formula is C19H24N6O2. The van der Waals surface area contributed by atoms with Crippen LogP contribution in [0.15, 0.2) is 30.7 Å². The molecule has 8 heteroatoms. The number of anilines is 1. The van der Waals surface area contributed by atoms with Crippen LogP contribution in [-0.2, 0) is 4.74 Å². The first-order chi connectivity index (χ1) is 13.2. The third kappa shape index (κ3) is 4.01. The Labute approximate surface area is 157 Å². The summed E-state index contributed by atoms with van der Waals surface area (Å²) in [5, 5.41) is 13.0. The second-order valence-electron chi connectivity index (χ2n) is 6.72. The number of phenolic OH excluding ortho intramolecular Hbond substituents is 1. The molecule has 4 rings (SSSR count). The number of benzene rings is 1. The van der Waals surface area contributed by atoms with Crippen LogP contribution in [0.3, 0.4) is 0 Å². The van der Waals surface area contributed by atoms with Crippen LogP contribution in [0, 0.1) is 6.92 Å². The van der Waals surface area contributed by atoms with E-state index in [1.54, 1.807) is 18.6 Å². The fraction of sp³-hybridized carbons (Fsp3) is 0.421. The molecular weight excluding hydrogens is 344 g/mol. The van der Waals surface area contributed by atoms with E-state index in [9.17, 15) is 5.11 Å². The maximum absolute atomic E-state index is 9.74. The Bertz CT molecular complexity index is 920. The minimum atomic E-state index is 0.278. The van der Waals surface area contributed by atoms with E-state index in [4.69, 9.17) is 4.74 Å². The summed E-state index contributed by atoms with van der Waals surface area (Å²) in [6, 6.07) is 5.44. The van der Waals surface area contributed by atoms with E-state index < -0.39 is 0 Å². The van der Waals surface area contributed by atoms with E-state index in [0.29, 0.717) is 5.95 Å². The van der Waals surface area contributed by atoms with Gasteiger partial charge < -0.3 is 15.2 Å². The molecule has 0 bridgehead atoms. The van der Waals surface area contributed by atoms with Gasteiger partial charge in [0.05, 0.1) is 19.4 Å². The van der Waals surface area contributed by atoms with Gasteiger partial charge in [0, 0.05) is 25.3 Å². The molecule has 142 valence electrons. The number of morpholine rings is 1. The summed E-state index contributed by atoms with van der Waals surface area (Å²) in [6.45, 7) is 7.40. The van der Waals surface area contributed by atoms with Crippen molar-refractivity contribution in [2.75, 3.05) is 44.7 Å². The lowest BCUT2D eigenvalue weighted by Crippen LogP contribution is -2.37. The number of aromatic hydroxyl groups is 1. The molecule has 1 saturated heterocycles. The van der Waals surface area contributed by atoms with Gasteiger partial charge in [-0.3, -0.25) is 9.47 Å². The van der Waals surface area contributed by atoms with Crippen LogP contribution in [0.1, 0.15) is 12.0 Å². The molecule has 0 amide bonds. The summed E-state index contributed by atoms with van der Waals surface area (Å²) in [4.78, 5) is 15.8. The fourth-order valence-electron chi connectivity index (χ4n) is 3.20. The zero-order chi connectivity index (χ0) is 18.6. The summed E-state index contributed by atoms with van der Waals surface area (Å²) in [6.07, 6.45) is 4.49. The highest BCUT2D eigenvalue weighted by Gasteiger charge is 2.11. The molecule has 1 fully saturated rings. The monoisotopic (exact) mass is 368 g/mol. The minimum Gasteiger partial charge on any atom is -0.508 e. The summed E-state index contributed by atoms with van der Waals surface area (Å²) < 4.78 is 7.28. The van der Waals surface area contributed by atoms with Gasteiger partial charge >= 0.3 is 0 Å². The molecule has 0 unspecified atom stereocenters. The zero-order valence-electron chi connectivity index (χ0n) is 15.4. The molecule has 0 saturated carbocycles. The summed E-state index contributed by atoms with van der Waals surface area (Å²) in [5.41, 5.74) is 3.19. The molecule has 2 aromatic heterocycles. The van der Waals surface area contributed by atoms with E-state index in [1.807, 2.05) is 23.6 Å². The topological polar surface area (TPSA) is 88.3 Å². The van der Waals surface area contributed by atoms with E-state index >= 15 is 0 Å². The van der Waals surface area contributed by atoms with E-state index in [-0.39, 0.29) is 5.75 Å². The largest absolute Gasteiger partial charge is 0.508 e. The lowest BCUT2D eigenvalue weighted by Gasteiger charge is -2.26. The standard InChI is InChI=1S/C19H24N6O2/c1-14-11-15(3-4-17(14)26)25-13-22-16-12-21-19(23-18(16)25)20-5-2-6-24-7-9-27-10-8-24/h3-4,11-13,26H,2,5-10H2,1H3,(H,20,21,23). The fourth-order valence-corrected chi connectivity index (χ4v) is 3.20. The normalized spacial score (nSPS) is 15.3. The lowest BCUT2D eigenvalue weighted by atomic mass is 10.2. The average molecular weight is 368 g/mol. The Morgan fingerprint density at radius 3 is 2.89 bits per heavy atom. The molecule has 2 N–H and O–H groups in total. The van der Waals surface area contributed by atoms with Gasteiger partial charge in [-0.1, -0.05) is 0 Å². The van der Waals surface area contributed by atoms with E-state index in [1.165, 1.54) is 0 Å². The highest BCUT2D eigenvalue weighted by Crippen LogP contribution is 2.22. The van der Waals surface area contributed by atoms with Crippen molar-refractivity contribution in [1.82, 2.24) is 24.4 Å². The van der Waals surface area contributed by atoms with Crippen molar-refractivity contribution in [1.29, 1.82) is 0 Å². The first kappa shape index (κ1) is 17.7. The van der Waals surface area contributed by atoms with Gasteiger partial charge in [-0.2, -0.15) is 4.98 Å². The van der Waals surface area contributed by atoms with Gasteiger partial charge in [-0.05, 0) is 43.7 Å². The predicted molar refractivity (Wildman–Crippen MR) is 103 cm³/mol. The Balaban J connectivity index is 1.44. The van der Waals surface area contributed by atoms with Crippen molar-refractivity contribution >= 4 is 17.1 Å². The van der Waals surface area contributed by atoms with Gasteiger partial charge in [0.15, 0.2) is 5.65 Å². The van der Waals surface area contributed by atoms with Crippen LogP contribution in [0.25, 0.3) is 16.9 Å². The number of ether oxygens (including phenoxy) is 1. The molecule has 3 heterocycles. The molecule has 8 nitrogen and oxygen atoms in total. The molecule has 3 aromatic rings. The van der Waals surface area contributed by atoms with Gasteiger partial charge in [0.2, 0.25) is 5.95 Å². The number of nitrogens with one attached hydrogen (secondary N) is 1.